The van der Waals surface area contributed by atoms with Gasteiger partial charge in [0.25, 0.3) is 0 Å². The van der Waals surface area contributed by atoms with Crippen LogP contribution in [-0.2, 0) is 4.79 Å². The molecule has 5 aromatic heterocycles. The number of nitrogens with zero attached hydrogens (tertiary/aromatic N) is 5. The van der Waals surface area contributed by atoms with Gasteiger partial charge in [-0.15, -0.1) is 0 Å². The summed E-state index contributed by atoms with van der Waals surface area (Å²) in [5, 5.41) is 10.5. The second-order valence-electron chi connectivity index (χ2n) is 10.1. The number of pyridine rings is 3. The van der Waals surface area contributed by atoms with E-state index in [0.29, 0.717) is 33.8 Å². The highest BCUT2D eigenvalue weighted by Crippen LogP contribution is 2.34. The fourth-order valence-electron chi connectivity index (χ4n) is 5.47. The lowest BCUT2D eigenvalue weighted by Gasteiger charge is -2.20. The number of amides is 1. The molecule has 1 amide bonds. The van der Waals surface area contributed by atoms with E-state index in [4.69, 9.17) is 4.98 Å². The maximum absolute atomic E-state index is 16.1. The average molecular weight is 533 g/mol. The van der Waals surface area contributed by atoms with Crippen LogP contribution in [0.3, 0.4) is 0 Å². The molecule has 0 saturated heterocycles. The quantitative estimate of drug-likeness (QED) is 0.240. The highest BCUT2D eigenvalue weighted by molar-refractivity contribution is 5.98. The first-order valence-electron chi connectivity index (χ1n) is 13.3. The summed E-state index contributed by atoms with van der Waals surface area (Å²) in [4.78, 5) is 33.9. The fraction of sp³-hybridized carbons (Fsp3) is 0.200. The molecule has 1 aliphatic carbocycles. The molecule has 1 saturated carbocycles. The number of hydrogen-bond donors (Lipinski definition) is 3. The van der Waals surface area contributed by atoms with Crippen LogP contribution in [0.5, 0.6) is 0 Å². The molecule has 0 atom stereocenters. The van der Waals surface area contributed by atoms with Crippen molar-refractivity contribution >= 4 is 33.5 Å². The summed E-state index contributed by atoms with van der Waals surface area (Å²) in [6.45, 7) is 0. The molecule has 0 unspecified atom stereocenters. The van der Waals surface area contributed by atoms with E-state index < -0.39 is 5.82 Å². The molecule has 1 aliphatic rings. The molecule has 5 heterocycles. The minimum absolute atomic E-state index is 0.000830. The van der Waals surface area contributed by atoms with Gasteiger partial charge in [-0.1, -0.05) is 37.5 Å². The van der Waals surface area contributed by atoms with Gasteiger partial charge < -0.3 is 10.3 Å². The molecule has 9 nitrogen and oxygen atoms in total. The molecule has 10 heteroatoms. The third kappa shape index (κ3) is 4.27. The van der Waals surface area contributed by atoms with Crippen molar-refractivity contribution in [3.05, 3.63) is 73.1 Å². The lowest BCUT2D eigenvalue weighted by molar-refractivity contribution is -0.120. The largest absolute Gasteiger partial charge is 0.337 e. The first kappa shape index (κ1) is 24.1. The minimum atomic E-state index is -0.552. The van der Waals surface area contributed by atoms with Gasteiger partial charge in [-0.05, 0) is 37.1 Å². The summed E-state index contributed by atoms with van der Waals surface area (Å²) in [7, 11) is 0. The van der Waals surface area contributed by atoms with Gasteiger partial charge in [0.2, 0.25) is 5.91 Å². The van der Waals surface area contributed by atoms with E-state index in [2.05, 4.69) is 35.5 Å². The van der Waals surface area contributed by atoms with E-state index in [1.54, 1.807) is 24.7 Å². The number of aromatic nitrogens is 7. The first-order valence-corrected chi connectivity index (χ1v) is 13.3. The van der Waals surface area contributed by atoms with Crippen LogP contribution in [0.15, 0.2) is 67.3 Å². The van der Waals surface area contributed by atoms with Gasteiger partial charge in [0, 0.05) is 29.4 Å². The number of halogens is 1. The first-order chi connectivity index (χ1) is 19.7. The number of rotatable bonds is 5. The second-order valence-corrected chi connectivity index (χ2v) is 10.1. The normalized spacial score (nSPS) is 14.1. The minimum Gasteiger partial charge on any atom is -0.337 e. The lowest BCUT2D eigenvalue weighted by Crippen LogP contribution is -2.24. The number of anilines is 1. The van der Waals surface area contributed by atoms with Crippen molar-refractivity contribution in [2.45, 2.75) is 32.1 Å². The zero-order valence-electron chi connectivity index (χ0n) is 21.5. The van der Waals surface area contributed by atoms with Crippen LogP contribution in [0.4, 0.5) is 10.1 Å². The van der Waals surface area contributed by atoms with Gasteiger partial charge in [-0.3, -0.25) is 24.8 Å². The molecular weight excluding hydrogens is 507 g/mol. The predicted molar refractivity (Wildman–Crippen MR) is 151 cm³/mol. The monoisotopic (exact) mass is 532 g/mol. The molecule has 0 radical (unpaired) electrons. The van der Waals surface area contributed by atoms with Crippen LogP contribution in [0.25, 0.3) is 56.0 Å². The number of fused-ring (bicyclic) bond motifs is 2. The second kappa shape index (κ2) is 9.96. The van der Waals surface area contributed by atoms with Crippen molar-refractivity contribution in [3.63, 3.8) is 0 Å². The Balaban J connectivity index is 1.26. The predicted octanol–water partition coefficient (Wildman–Crippen LogP) is 6.28. The number of carbonyl (C=O) groups excluding carboxylic acids is 1. The molecule has 6 aromatic rings. The number of H-pyrrole nitrogens is 2. The molecule has 7 rings (SSSR count). The van der Waals surface area contributed by atoms with Gasteiger partial charge in [0.1, 0.15) is 11.4 Å². The maximum atomic E-state index is 16.1. The zero-order valence-corrected chi connectivity index (χ0v) is 21.5. The van der Waals surface area contributed by atoms with Gasteiger partial charge in [0.15, 0.2) is 11.6 Å². The van der Waals surface area contributed by atoms with Crippen LogP contribution in [-0.4, -0.2) is 41.0 Å². The van der Waals surface area contributed by atoms with Crippen molar-refractivity contribution in [2.75, 3.05) is 5.32 Å². The zero-order chi connectivity index (χ0) is 27.1. The summed E-state index contributed by atoms with van der Waals surface area (Å²) >= 11 is 0. The van der Waals surface area contributed by atoms with E-state index in [-0.39, 0.29) is 22.9 Å². The maximum Gasteiger partial charge on any atom is 0.227 e. The molecule has 1 fully saturated rings. The van der Waals surface area contributed by atoms with Crippen molar-refractivity contribution in [3.8, 4) is 34.0 Å². The van der Waals surface area contributed by atoms with Crippen molar-refractivity contribution in [1.82, 2.24) is 35.1 Å². The Bertz CT molecular complexity index is 1860. The number of hydrogen-bond acceptors (Lipinski definition) is 6. The highest BCUT2D eigenvalue weighted by atomic mass is 19.1. The molecular formula is C30H25FN8O. The third-order valence-corrected chi connectivity index (χ3v) is 7.48. The summed E-state index contributed by atoms with van der Waals surface area (Å²) in [6.07, 6.45) is 11.5. The Morgan fingerprint density at radius 3 is 2.70 bits per heavy atom. The average Bonchev–Trinajstić information content (AvgIpc) is 3.63. The number of imidazole rings is 1. The summed E-state index contributed by atoms with van der Waals surface area (Å²) < 4.78 is 16.1. The number of nitrogens with one attached hydrogen (secondary N) is 3. The molecule has 1 aromatic carbocycles. The summed E-state index contributed by atoms with van der Waals surface area (Å²) in [5.41, 5.74) is 5.02. The molecule has 0 spiro atoms. The fourth-order valence-corrected chi connectivity index (χ4v) is 5.47. The summed E-state index contributed by atoms with van der Waals surface area (Å²) in [5.74, 6) is -0.148. The van der Waals surface area contributed by atoms with E-state index in [9.17, 15) is 4.79 Å². The van der Waals surface area contributed by atoms with Crippen LogP contribution in [0.2, 0.25) is 0 Å². The van der Waals surface area contributed by atoms with E-state index in [1.165, 1.54) is 12.6 Å². The van der Waals surface area contributed by atoms with E-state index in [0.717, 1.165) is 42.5 Å². The number of carbonyl (C=O) groups is 1. The smallest absolute Gasteiger partial charge is 0.227 e. The van der Waals surface area contributed by atoms with Gasteiger partial charge >= 0.3 is 0 Å². The van der Waals surface area contributed by atoms with Crippen molar-refractivity contribution in [1.29, 1.82) is 0 Å². The van der Waals surface area contributed by atoms with Crippen molar-refractivity contribution < 1.29 is 9.18 Å². The third-order valence-electron chi connectivity index (χ3n) is 7.48. The topological polar surface area (TPSA) is 125 Å². The van der Waals surface area contributed by atoms with E-state index >= 15 is 4.39 Å². The van der Waals surface area contributed by atoms with Crippen LogP contribution in [0.1, 0.15) is 32.1 Å². The number of para-hydroxylation sites is 1. The van der Waals surface area contributed by atoms with Crippen LogP contribution in [0, 0.1) is 11.7 Å². The number of benzene rings is 1. The number of aromatic amines is 2. The standard InChI is InChI=1S/C30H25FN8O/c31-25-24-23(16-34-26(25)18-13-19(15-32-14-18)35-30(40)17-7-2-1-3-8-17)38-39-28(24)29-36-22-11-6-9-20(27(22)37-29)21-10-4-5-12-33-21/h4-6,9-17H,1-3,7-8H2,(H,35,40)(H,36,37)(H,38,39). The SMILES string of the molecule is O=C(Nc1cncc(-c2ncc3[nH]nc(-c4nc5c(-c6ccccn6)cccc5[nH]4)c3c2F)c1)C1CCCCC1. The Labute approximate surface area is 228 Å². The Morgan fingerprint density at radius 2 is 1.85 bits per heavy atom. The summed E-state index contributed by atoms with van der Waals surface area (Å²) in [6, 6.07) is 13.2. The van der Waals surface area contributed by atoms with Gasteiger partial charge in [-0.25, -0.2) is 9.37 Å². The molecule has 40 heavy (non-hydrogen) atoms. The van der Waals surface area contributed by atoms with Gasteiger partial charge in [-0.2, -0.15) is 5.10 Å². The molecule has 0 bridgehead atoms. The Hall–Kier alpha value is -4.99. The van der Waals surface area contributed by atoms with Gasteiger partial charge in [0.05, 0.1) is 45.7 Å². The van der Waals surface area contributed by atoms with E-state index in [1.807, 2.05) is 36.4 Å². The van der Waals surface area contributed by atoms with Crippen LogP contribution < -0.4 is 5.32 Å². The Kier molecular flexibility index (Phi) is 5.99. The molecule has 0 aliphatic heterocycles. The molecule has 3 N–H and O–H groups in total. The molecule has 198 valence electrons. The highest BCUT2D eigenvalue weighted by Gasteiger charge is 2.23. The van der Waals surface area contributed by atoms with Crippen LogP contribution >= 0.6 is 0 Å². The Morgan fingerprint density at radius 1 is 0.950 bits per heavy atom. The van der Waals surface area contributed by atoms with Crippen molar-refractivity contribution in [2.24, 2.45) is 5.92 Å². The lowest BCUT2D eigenvalue weighted by atomic mass is 9.88.